The first-order chi connectivity index (χ1) is 4.81. The van der Waals surface area contributed by atoms with Crippen LogP contribution in [0.4, 0.5) is 0 Å². The van der Waals surface area contributed by atoms with Crippen molar-refractivity contribution in [2.75, 3.05) is 6.54 Å². The van der Waals surface area contributed by atoms with E-state index in [1.165, 1.54) is 0 Å². The summed E-state index contributed by atoms with van der Waals surface area (Å²) in [6, 6.07) is 0. The lowest BCUT2D eigenvalue weighted by Crippen LogP contribution is -2.26. The second kappa shape index (κ2) is 6.62. The average Bonchev–Trinajstić information content (AvgIpc) is 1.89. The van der Waals surface area contributed by atoms with Crippen molar-refractivity contribution in [1.29, 1.82) is 0 Å². The fourth-order valence-electron chi connectivity index (χ4n) is 0.605. The molecular formula is C8H17NO. The van der Waals surface area contributed by atoms with E-state index in [0.29, 0.717) is 0 Å². The molecule has 0 bridgehead atoms. The molecule has 0 aromatic carbocycles. The van der Waals surface area contributed by atoms with Crippen LogP contribution in [-0.4, -0.2) is 12.8 Å². The summed E-state index contributed by atoms with van der Waals surface area (Å²) in [7, 11) is 0. The first-order valence-electron chi connectivity index (χ1n) is 3.85. The van der Waals surface area contributed by atoms with E-state index < -0.39 is 0 Å². The zero-order valence-electron chi connectivity index (χ0n) is 7.05. The van der Waals surface area contributed by atoms with Crippen LogP contribution in [0.1, 0.15) is 27.2 Å². The molecule has 1 unspecified atom stereocenters. The molecule has 60 valence electrons. The highest BCUT2D eigenvalue weighted by molar-refractivity contribution is 4.71. The van der Waals surface area contributed by atoms with E-state index in [2.05, 4.69) is 19.2 Å². The molecule has 2 heteroatoms. The molecular weight excluding hydrogens is 126 g/mol. The van der Waals surface area contributed by atoms with Gasteiger partial charge in [-0.15, -0.1) is 0 Å². The predicted molar refractivity (Wildman–Crippen MR) is 43.7 cm³/mol. The molecule has 0 heterocycles. The van der Waals surface area contributed by atoms with Gasteiger partial charge in [-0.05, 0) is 19.9 Å². The van der Waals surface area contributed by atoms with Gasteiger partial charge in [0.2, 0.25) is 0 Å². The smallest absolute Gasteiger partial charge is 0.146 e. The van der Waals surface area contributed by atoms with E-state index in [0.717, 1.165) is 13.0 Å². The van der Waals surface area contributed by atoms with E-state index in [9.17, 15) is 0 Å². The zero-order chi connectivity index (χ0) is 7.82. The Balaban J connectivity index is 3.20. The summed E-state index contributed by atoms with van der Waals surface area (Å²) in [5.41, 5.74) is 0. The molecule has 1 atom stereocenters. The molecule has 0 fully saturated rings. The van der Waals surface area contributed by atoms with Crippen LogP contribution in [0.5, 0.6) is 0 Å². The van der Waals surface area contributed by atoms with Crippen LogP contribution in [0, 0.1) is 0 Å². The maximum absolute atomic E-state index is 5.23. The lowest BCUT2D eigenvalue weighted by Gasteiger charge is -2.10. The summed E-state index contributed by atoms with van der Waals surface area (Å²) >= 11 is 0. The van der Waals surface area contributed by atoms with Crippen molar-refractivity contribution in [3.8, 4) is 0 Å². The number of hydrogen-bond donors (Lipinski definition) is 1. The summed E-state index contributed by atoms with van der Waals surface area (Å²) < 4.78 is 5.23. The number of hydrogen-bond acceptors (Lipinski definition) is 2. The van der Waals surface area contributed by atoms with E-state index in [4.69, 9.17) is 4.74 Å². The first-order valence-corrected chi connectivity index (χ1v) is 3.85. The number of rotatable bonds is 5. The van der Waals surface area contributed by atoms with Crippen LogP contribution in [0.25, 0.3) is 0 Å². The van der Waals surface area contributed by atoms with Crippen LogP contribution in [0.15, 0.2) is 12.3 Å². The number of ether oxygens (including phenoxy) is 1. The minimum absolute atomic E-state index is 0.132. The Morgan fingerprint density at radius 3 is 2.70 bits per heavy atom. The molecule has 0 aliphatic carbocycles. The molecule has 0 aliphatic rings. The highest BCUT2D eigenvalue weighted by atomic mass is 16.5. The van der Waals surface area contributed by atoms with Gasteiger partial charge >= 0.3 is 0 Å². The van der Waals surface area contributed by atoms with Crippen molar-refractivity contribution >= 4 is 0 Å². The predicted octanol–water partition coefficient (Wildman–Crippen LogP) is 1.88. The maximum atomic E-state index is 5.23. The van der Waals surface area contributed by atoms with Crippen molar-refractivity contribution in [2.24, 2.45) is 0 Å². The quantitative estimate of drug-likeness (QED) is 0.468. The van der Waals surface area contributed by atoms with Crippen LogP contribution in [-0.2, 0) is 4.74 Å². The number of nitrogens with one attached hydrogen (secondary N) is 1. The first kappa shape index (κ1) is 9.50. The summed E-state index contributed by atoms with van der Waals surface area (Å²) in [5, 5.41) is 3.13. The number of allylic oxidation sites excluding steroid dienone is 1. The highest BCUT2D eigenvalue weighted by Crippen LogP contribution is 1.87. The zero-order valence-corrected chi connectivity index (χ0v) is 7.05. The summed E-state index contributed by atoms with van der Waals surface area (Å²) in [6.45, 7) is 7.08. The second-order valence-corrected chi connectivity index (χ2v) is 2.12. The van der Waals surface area contributed by atoms with Gasteiger partial charge in [0.25, 0.3) is 0 Å². The molecule has 0 rings (SSSR count). The van der Waals surface area contributed by atoms with Crippen molar-refractivity contribution in [3.05, 3.63) is 12.3 Å². The summed E-state index contributed by atoms with van der Waals surface area (Å²) in [6.07, 6.45) is 4.90. The van der Waals surface area contributed by atoms with Crippen LogP contribution < -0.4 is 5.32 Å². The third kappa shape index (κ3) is 5.63. The average molecular weight is 143 g/mol. The topological polar surface area (TPSA) is 21.3 Å². The van der Waals surface area contributed by atoms with Crippen molar-refractivity contribution < 1.29 is 4.74 Å². The van der Waals surface area contributed by atoms with E-state index in [1.807, 2.05) is 13.0 Å². The van der Waals surface area contributed by atoms with Gasteiger partial charge in [0, 0.05) is 0 Å². The Labute approximate surface area is 63.3 Å². The fourth-order valence-corrected chi connectivity index (χ4v) is 0.605. The molecule has 0 spiro atoms. The Morgan fingerprint density at radius 1 is 1.50 bits per heavy atom. The van der Waals surface area contributed by atoms with Gasteiger partial charge in [0.05, 0.1) is 6.26 Å². The largest absolute Gasteiger partial charge is 0.484 e. The van der Waals surface area contributed by atoms with Crippen molar-refractivity contribution in [3.63, 3.8) is 0 Å². The lowest BCUT2D eigenvalue weighted by molar-refractivity contribution is 0.130. The van der Waals surface area contributed by atoms with Crippen LogP contribution in [0.2, 0.25) is 0 Å². The Morgan fingerprint density at radius 2 is 2.20 bits per heavy atom. The third-order valence-corrected chi connectivity index (χ3v) is 1.11. The van der Waals surface area contributed by atoms with E-state index >= 15 is 0 Å². The van der Waals surface area contributed by atoms with Gasteiger partial charge in [0.15, 0.2) is 0 Å². The lowest BCUT2D eigenvalue weighted by atomic mass is 10.5. The fraction of sp³-hybridized carbons (Fsp3) is 0.750. The molecule has 0 saturated heterocycles. The molecule has 0 aliphatic heterocycles. The molecule has 0 aromatic heterocycles. The summed E-state index contributed by atoms with van der Waals surface area (Å²) in [5.74, 6) is 0. The molecule has 0 aromatic rings. The molecule has 10 heavy (non-hydrogen) atoms. The molecule has 0 saturated carbocycles. The van der Waals surface area contributed by atoms with Gasteiger partial charge < -0.3 is 4.74 Å². The van der Waals surface area contributed by atoms with Gasteiger partial charge in [-0.2, -0.15) is 0 Å². The highest BCUT2D eigenvalue weighted by Gasteiger charge is 1.92. The van der Waals surface area contributed by atoms with Gasteiger partial charge in [-0.3, -0.25) is 5.32 Å². The standard InChI is InChI=1S/C8H17NO/c1-4-6-7-10-8(3)9-5-2/h6-9H,4-5H2,1-3H3. The van der Waals surface area contributed by atoms with Gasteiger partial charge in [-0.25, -0.2) is 0 Å². The Bertz CT molecular complexity index is 91.3. The Kier molecular flexibility index (Phi) is 6.29. The van der Waals surface area contributed by atoms with Crippen LogP contribution >= 0.6 is 0 Å². The van der Waals surface area contributed by atoms with E-state index in [1.54, 1.807) is 6.26 Å². The molecule has 1 N–H and O–H groups in total. The normalized spacial score (nSPS) is 13.9. The maximum Gasteiger partial charge on any atom is 0.146 e. The molecule has 0 radical (unpaired) electrons. The van der Waals surface area contributed by atoms with E-state index in [-0.39, 0.29) is 6.23 Å². The van der Waals surface area contributed by atoms with Crippen molar-refractivity contribution in [2.45, 2.75) is 33.4 Å². The monoisotopic (exact) mass is 143 g/mol. The SMILES string of the molecule is CCC=COC(C)NCC. The molecule has 2 nitrogen and oxygen atoms in total. The van der Waals surface area contributed by atoms with Crippen molar-refractivity contribution in [1.82, 2.24) is 5.32 Å². The molecule has 0 amide bonds. The Hall–Kier alpha value is -0.500. The second-order valence-electron chi connectivity index (χ2n) is 2.12. The minimum Gasteiger partial charge on any atom is -0.484 e. The van der Waals surface area contributed by atoms with Gasteiger partial charge in [-0.1, -0.05) is 19.9 Å². The minimum atomic E-state index is 0.132. The summed E-state index contributed by atoms with van der Waals surface area (Å²) in [4.78, 5) is 0. The van der Waals surface area contributed by atoms with Crippen LogP contribution in [0.3, 0.4) is 0 Å². The third-order valence-electron chi connectivity index (χ3n) is 1.11. The van der Waals surface area contributed by atoms with Gasteiger partial charge in [0.1, 0.15) is 6.23 Å².